The minimum Gasteiger partial charge on any atom is -0.379 e. The van der Waals surface area contributed by atoms with Crippen LogP contribution in [-0.2, 0) is 4.74 Å². The Morgan fingerprint density at radius 3 is 3.00 bits per heavy atom. The van der Waals surface area contributed by atoms with Crippen LogP contribution in [0.5, 0.6) is 0 Å². The number of amides is 2. The third-order valence-corrected chi connectivity index (χ3v) is 5.36. The van der Waals surface area contributed by atoms with Crippen LogP contribution >= 0.6 is 11.3 Å². The van der Waals surface area contributed by atoms with Gasteiger partial charge in [0.2, 0.25) is 0 Å². The van der Waals surface area contributed by atoms with Crippen molar-refractivity contribution in [3.8, 4) is 0 Å². The van der Waals surface area contributed by atoms with Crippen LogP contribution in [0.4, 0.5) is 4.79 Å². The first-order chi connectivity index (χ1) is 10.8. The Hall–Kier alpha value is -1.11. The second-order valence-electron chi connectivity index (χ2n) is 6.09. The molecule has 6 heteroatoms. The fourth-order valence-corrected chi connectivity index (χ4v) is 4.01. The highest BCUT2D eigenvalue weighted by atomic mass is 32.1. The van der Waals surface area contributed by atoms with E-state index in [1.54, 1.807) is 11.3 Å². The molecule has 0 aromatic carbocycles. The molecule has 2 aliphatic heterocycles. The Balaban J connectivity index is 1.50. The molecule has 0 bridgehead atoms. The Bertz CT molecular complexity index is 474. The second kappa shape index (κ2) is 7.44. The first-order valence-electron chi connectivity index (χ1n) is 8.14. The van der Waals surface area contributed by atoms with E-state index in [0.29, 0.717) is 12.6 Å². The van der Waals surface area contributed by atoms with Crippen LogP contribution in [0.25, 0.3) is 0 Å². The van der Waals surface area contributed by atoms with Crippen molar-refractivity contribution in [2.24, 2.45) is 0 Å². The predicted octanol–water partition coefficient (Wildman–Crippen LogP) is 2.32. The molecule has 1 aromatic heterocycles. The lowest BCUT2D eigenvalue weighted by Gasteiger charge is -2.33. The maximum Gasteiger partial charge on any atom is 0.317 e. The Kier molecular flexibility index (Phi) is 5.33. The van der Waals surface area contributed by atoms with Gasteiger partial charge in [-0.1, -0.05) is 0 Å². The average molecular weight is 323 g/mol. The number of hydrogen-bond donors (Lipinski definition) is 1. The second-order valence-corrected chi connectivity index (χ2v) is 6.87. The monoisotopic (exact) mass is 323 g/mol. The molecule has 22 heavy (non-hydrogen) atoms. The van der Waals surface area contributed by atoms with E-state index in [-0.39, 0.29) is 12.1 Å². The maximum atomic E-state index is 12.5. The van der Waals surface area contributed by atoms with E-state index in [1.165, 1.54) is 5.56 Å². The molecule has 2 unspecified atom stereocenters. The number of carbonyl (C=O) groups is 1. The SMILES string of the molecule is CC(CNC(=O)N1CCCC1c1ccsc1)N1CCOCC1. The zero-order chi connectivity index (χ0) is 15.4. The fourth-order valence-electron chi connectivity index (χ4n) is 3.30. The van der Waals surface area contributed by atoms with Crippen molar-refractivity contribution in [3.05, 3.63) is 22.4 Å². The lowest BCUT2D eigenvalue weighted by atomic mass is 10.1. The predicted molar refractivity (Wildman–Crippen MR) is 88.3 cm³/mol. The standard InChI is InChI=1S/C16H25N3O2S/c1-13(18-6-8-21-9-7-18)11-17-16(20)19-5-2-3-15(19)14-4-10-22-12-14/h4,10,12-13,15H,2-3,5-9,11H2,1H3,(H,17,20). The van der Waals surface area contributed by atoms with Gasteiger partial charge in [0, 0.05) is 32.2 Å². The van der Waals surface area contributed by atoms with Crippen LogP contribution in [0.2, 0.25) is 0 Å². The number of nitrogens with one attached hydrogen (secondary N) is 1. The zero-order valence-electron chi connectivity index (χ0n) is 13.2. The summed E-state index contributed by atoms with van der Waals surface area (Å²) in [6.07, 6.45) is 2.16. The third-order valence-electron chi connectivity index (χ3n) is 4.66. The van der Waals surface area contributed by atoms with E-state index >= 15 is 0 Å². The summed E-state index contributed by atoms with van der Waals surface area (Å²) in [4.78, 5) is 16.9. The van der Waals surface area contributed by atoms with Crippen LogP contribution in [0, 0.1) is 0 Å². The molecule has 0 spiro atoms. The highest BCUT2D eigenvalue weighted by Gasteiger charge is 2.30. The summed E-state index contributed by atoms with van der Waals surface area (Å²) < 4.78 is 5.38. The van der Waals surface area contributed by atoms with Gasteiger partial charge in [-0.25, -0.2) is 4.79 Å². The molecule has 2 amide bonds. The van der Waals surface area contributed by atoms with Crippen molar-refractivity contribution < 1.29 is 9.53 Å². The molecule has 2 atom stereocenters. The van der Waals surface area contributed by atoms with Gasteiger partial charge in [-0.2, -0.15) is 11.3 Å². The van der Waals surface area contributed by atoms with Gasteiger partial charge in [-0.15, -0.1) is 0 Å². The van der Waals surface area contributed by atoms with Gasteiger partial charge in [-0.05, 0) is 42.2 Å². The van der Waals surface area contributed by atoms with Gasteiger partial charge < -0.3 is 15.0 Å². The van der Waals surface area contributed by atoms with Crippen molar-refractivity contribution in [1.82, 2.24) is 15.1 Å². The number of urea groups is 1. The van der Waals surface area contributed by atoms with Gasteiger partial charge in [0.05, 0.1) is 19.3 Å². The summed E-state index contributed by atoms with van der Waals surface area (Å²) in [5, 5.41) is 7.37. The molecule has 3 rings (SSSR count). The van der Waals surface area contributed by atoms with Crippen molar-refractivity contribution in [3.63, 3.8) is 0 Å². The number of ether oxygens (including phenoxy) is 1. The fraction of sp³-hybridized carbons (Fsp3) is 0.688. The number of thiophene rings is 1. The quantitative estimate of drug-likeness (QED) is 0.925. The molecular formula is C16H25N3O2S. The highest BCUT2D eigenvalue weighted by Crippen LogP contribution is 2.32. The van der Waals surface area contributed by atoms with Crippen LogP contribution in [0.1, 0.15) is 31.4 Å². The Labute approximate surface area is 136 Å². The van der Waals surface area contributed by atoms with E-state index in [1.807, 2.05) is 4.90 Å². The van der Waals surface area contributed by atoms with Gasteiger partial charge >= 0.3 is 6.03 Å². The van der Waals surface area contributed by atoms with Crippen molar-refractivity contribution in [1.29, 1.82) is 0 Å². The number of likely N-dealkylation sites (tertiary alicyclic amines) is 1. The number of hydrogen-bond acceptors (Lipinski definition) is 4. The van der Waals surface area contributed by atoms with E-state index in [0.717, 1.165) is 45.7 Å². The van der Waals surface area contributed by atoms with E-state index in [2.05, 4.69) is 34.0 Å². The topological polar surface area (TPSA) is 44.8 Å². The third kappa shape index (κ3) is 3.62. The molecule has 2 saturated heterocycles. The van der Waals surface area contributed by atoms with Crippen molar-refractivity contribution in [2.75, 3.05) is 39.4 Å². The highest BCUT2D eigenvalue weighted by molar-refractivity contribution is 7.07. The first kappa shape index (κ1) is 15.8. The smallest absolute Gasteiger partial charge is 0.317 e. The molecule has 2 aliphatic rings. The number of carbonyl (C=O) groups excluding carboxylic acids is 1. The van der Waals surface area contributed by atoms with Crippen molar-refractivity contribution >= 4 is 17.4 Å². The molecule has 0 aliphatic carbocycles. The van der Waals surface area contributed by atoms with Crippen molar-refractivity contribution in [2.45, 2.75) is 31.8 Å². The van der Waals surface area contributed by atoms with Crippen LogP contribution in [-0.4, -0.2) is 61.3 Å². The summed E-state index contributed by atoms with van der Waals surface area (Å²) in [5.41, 5.74) is 1.28. The number of morpholine rings is 1. The normalized spacial score (nSPS) is 24.4. The molecule has 3 heterocycles. The van der Waals surface area contributed by atoms with E-state index in [9.17, 15) is 4.79 Å². The van der Waals surface area contributed by atoms with Gasteiger partial charge in [0.25, 0.3) is 0 Å². The Morgan fingerprint density at radius 1 is 1.45 bits per heavy atom. The summed E-state index contributed by atoms with van der Waals surface area (Å²) in [5.74, 6) is 0. The van der Waals surface area contributed by atoms with Gasteiger partial charge in [-0.3, -0.25) is 4.90 Å². The van der Waals surface area contributed by atoms with E-state index in [4.69, 9.17) is 4.74 Å². The molecule has 2 fully saturated rings. The number of nitrogens with zero attached hydrogens (tertiary/aromatic N) is 2. The van der Waals surface area contributed by atoms with Crippen LogP contribution in [0.15, 0.2) is 16.8 Å². The maximum absolute atomic E-state index is 12.5. The molecule has 1 aromatic rings. The number of rotatable bonds is 4. The summed E-state index contributed by atoms with van der Waals surface area (Å²) in [7, 11) is 0. The zero-order valence-corrected chi connectivity index (χ0v) is 14.0. The summed E-state index contributed by atoms with van der Waals surface area (Å²) >= 11 is 1.70. The van der Waals surface area contributed by atoms with Crippen LogP contribution < -0.4 is 5.32 Å². The lowest BCUT2D eigenvalue weighted by Crippen LogP contribution is -2.49. The van der Waals surface area contributed by atoms with Crippen LogP contribution in [0.3, 0.4) is 0 Å². The summed E-state index contributed by atoms with van der Waals surface area (Å²) in [6, 6.07) is 2.82. The average Bonchev–Trinajstić information content (AvgIpc) is 3.23. The van der Waals surface area contributed by atoms with Gasteiger partial charge in [0.15, 0.2) is 0 Å². The minimum atomic E-state index is 0.0776. The molecular weight excluding hydrogens is 298 g/mol. The minimum absolute atomic E-state index is 0.0776. The molecule has 0 saturated carbocycles. The molecule has 122 valence electrons. The largest absolute Gasteiger partial charge is 0.379 e. The molecule has 5 nitrogen and oxygen atoms in total. The first-order valence-corrected chi connectivity index (χ1v) is 9.08. The summed E-state index contributed by atoms with van der Waals surface area (Å²) in [6.45, 7) is 7.24. The Morgan fingerprint density at radius 2 is 2.27 bits per heavy atom. The van der Waals surface area contributed by atoms with E-state index < -0.39 is 0 Å². The molecule has 0 radical (unpaired) electrons. The van der Waals surface area contributed by atoms with Gasteiger partial charge in [0.1, 0.15) is 0 Å². The lowest BCUT2D eigenvalue weighted by molar-refractivity contribution is 0.0206. The molecule has 1 N–H and O–H groups in total.